The van der Waals surface area contributed by atoms with E-state index >= 15 is 0 Å². The van der Waals surface area contributed by atoms with Crippen LogP contribution in [-0.4, -0.2) is 11.0 Å². The fraction of sp³-hybridized carbons (Fsp3) is 0.429. The minimum absolute atomic E-state index is 0.210. The summed E-state index contributed by atoms with van der Waals surface area (Å²) >= 11 is 0. The maximum atomic E-state index is 5.86. The Balaban J connectivity index is 2.47. The van der Waals surface area contributed by atoms with E-state index in [1.807, 2.05) is 6.92 Å². The first kappa shape index (κ1) is 11.2. The molecule has 1 unspecified atom stereocenters. The van der Waals surface area contributed by atoms with E-state index in [1.165, 1.54) is 22.0 Å². The summed E-state index contributed by atoms with van der Waals surface area (Å²) in [5.74, 6) is 0.572. The number of aromatic nitrogens is 1. The molecule has 1 aromatic carbocycles. The molecule has 0 aliphatic carbocycles. The van der Waals surface area contributed by atoms with E-state index in [0.717, 1.165) is 6.42 Å². The van der Waals surface area contributed by atoms with Gasteiger partial charge in [-0.15, -0.1) is 0 Å². The van der Waals surface area contributed by atoms with Crippen LogP contribution < -0.4 is 5.73 Å². The van der Waals surface area contributed by atoms with Crippen LogP contribution in [0.4, 0.5) is 0 Å². The summed E-state index contributed by atoms with van der Waals surface area (Å²) in [6.07, 6.45) is 3.01. The molecule has 16 heavy (non-hydrogen) atoms. The molecule has 3 N–H and O–H groups in total. The first-order chi connectivity index (χ1) is 7.58. The van der Waals surface area contributed by atoms with E-state index in [0.29, 0.717) is 5.92 Å². The van der Waals surface area contributed by atoms with Crippen molar-refractivity contribution in [3.63, 3.8) is 0 Å². The van der Waals surface area contributed by atoms with Crippen LogP contribution in [0, 0.1) is 0 Å². The monoisotopic (exact) mass is 216 g/mol. The van der Waals surface area contributed by atoms with Crippen LogP contribution >= 0.6 is 0 Å². The summed E-state index contributed by atoms with van der Waals surface area (Å²) in [5.41, 5.74) is 9.78. The summed E-state index contributed by atoms with van der Waals surface area (Å²) in [6.45, 7) is 6.49. The van der Waals surface area contributed by atoms with Gasteiger partial charge in [-0.1, -0.05) is 19.9 Å². The van der Waals surface area contributed by atoms with Crippen molar-refractivity contribution in [1.82, 2.24) is 4.98 Å². The van der Waals surface area contributed by atoms with Gasteiger partial charge < -0.3 is 10.7 Å². The van der Waals surface area contributed by atoms with Gasteiger partial charge in [0, 0.05) is 23.1 Å². The van der Waals surface area contributed by atoms with Gasteiger partial charge in [-0.05, 0) is 42.5 Å². The smallest absolute Gasteiger partial charge is 0.0457 e. The standard InChI is InChI=1S/C14H20N2/c1-9(2)11-4-5-14-13(7-11)12(8-16-14)6-10(3)15/h4-5,7-10,16H,6,15H2,1-3H3. The molecule has 2 aromatic rings. The summed E-state index contributed by atoms with van der Waals surface area (Å²) in [7, 11) is 0. The number of nitrogens with two attached hydrogens (primary N) is 1. The molecule has 2 nitrogen and oxygen atoms in total. The highest BCUT2D eigenvalue weighted by atomic mass is 14.7. The quantitative estimate of drug-likeness (QED) is 0.813. The molecule has 1 heterocycles. The first-order valence-corrected chi connectivity index (χ1v) is 5.93. The lowest BCUT2D eigenvalue weighted by molar-refractivity contribution is 0.741. The number of hydrogen-bond acceptors (Lipinski definition) is 1. The summed E-state index contributed by atoms with van der Waals surface area (Å²) in [6, 6.07) is 6.85. The number of fused-ring (bicyclic) bond motifs is 1. The molecule has 0 saturated carbocycles. The van der Waals surface area contributed by atoms with Crippen LogP contribution in [-0.2, 0) is 6.42 Å². The number of aromatic amines is 1. The summed E-state index contributed by atoms with van der Waals surface area (Å²) in [4.78, 5) is 3.30. The highest BCUT2D eigenvalue weighted by Gasteiger charge is 2.07. The van der Waals surface area contributed by atoms with Crippen molar-refractivity contribution in [2.24, 2.45) is 5.73 Å². The molecule has 0 radical (unpaired) electrons. The van der Waals surface area contributed by atoms with Gasteiger partial charge in [0.15, 0.2) is 0 Å². The molecule has 0 aliphatic rings. The minimum atomic E-state index is 0.210. The summed E-state index contributed by atoms with van der Waals surface area (Å²) < 4.78 is 0. The molecular weight excluding hydrogens is 196 g/mol. The Kier molecular flexibility index (Phi) is 3.01. The largest absolute Gasteiger partial charge is 0.361 e. The maximum Gasteiger partial charge on any atom is 0.0457 e. The van der Waals surface area contributed by atoms with Gasteiger partial charge >= 0.3 is 0 Å². The zero-order valence-electron chi connectivity index (χ0n) is 10.2. The molecule has 0 saturated heterocycles. The highest BCUT2D eigenvalue weighted by Crippen LogP contribution is 2.24. The van der Waals surface area contributed by atoms with Crippen LogP contribution in [0.5, 0.6) is 0 Å². The van der Waals surface area contributed by atoms with E-state index in [1.54, 1.807) is 0 Å². The fourth-order valence-corrected chi connectivity index (χ4v) is 2.07. The predicted molar refractivity (Wildman–Crippen MR) is 69.7 cm³/mol. The van der Waals surface area contributed by atoms with Gasteiger partial charge in [0.1, 0.15) is 0 Å². The van der Waals surface area contributed by atoms with Crippen molar-refractivity contribution in [1.29, 1.82) is 0 Å². The third-order valence-corrected chi connectivity index (χ3v) is 3.00. The molecule has 2 heteroatoms. The maximum absolute atomic E-state index is 5.86. The fourth-order valence-electron chi connectivity index (χ4n) is 2.07. The van der Waals surface area contributed by atoms with Gasteiger partial charge in [0.25, 0.3) is 0 Å². The Morgan fingerprint density at radius 2 is 2.00 bits per heavy atom. The second-order valence-electron chi connectivity index (χ2n) is 4.96. The molecule has 86 valence electrons. The lowest BCUT2D eigenvalue weighted by Crippen LogP contribution is -2.17. The molecular formula is C14H20N2. The van der Waals surface area contributed by atoms with Crippen LogP contribution in [0.2, 0.25) is 0 Å². The Bertz CT molecular complexity index is 480. The van der Waals surface area contributed by atoms with E-state index in [4.69, 9.17) is 5.73 Å². The Morgan fingerprint density at radius 3 is 2.62 bits per heavy atom. The third-order valence-electron chi connectivity index (χ3n) is 3.00. The molecule has 0 spiro atoms. The van der Waals surface area contributed by atoms with Gasteiger partial charge in [-0.25, -0.2) is 0 Å². The normalized spacial score (nSPS) is 13.6. The van der Waals surface area contributed by atoms with E-state index < -0.39 is 0 Å². The average Bonchev–Trinajstić information content (AvgIpc) is 2.60. The lowest BCUT2D eigenvalue weighted by atomic mass is 9.99. The van der Waals surface area contributed by atoms with Crippen LogP contribution in [0.1, 0.15) is 37.8 Å². The van der Waals surface area contributed by atoms with Crippen molar-refractivity contribution in [3.8, 4) is 0 Å². The SMILES string of the molecule is CC(N)Cc1c[nH]c2ccc(C(C)C)cc12. The van der Waals surface area contributed by atoms with Crippen molar-refractivity contribution in [2.45, 2.75) is 39.2 Å². The zero-order valence-corrected chi connectivity index (χ0v) is 10.2. The molecule has 0 bridgehead atoms. The second-order valence-corrected chi connectivity index (χ2v) is 4.96. The number of benzene rings is 1. The molecule has 0 amide bonds. The third kappa shape index (κ3) is 2.12. The van der Waals surface area contributed by atoms with Gasteiger partial charge in [-0.3, -0.25) is 0 Å². The van der Waals surface area contributed by atoms with Crippen molar-refractivity contribution < 1.29 is 0 Å². The Morgan fingerprint density at radius 1 is 1.25 bits per heavy atom. The number of nitrogens with one attached hydrogen (secondary N) is 1. The molecule has 0 fully saturated rings. The van der Waals surface area contributed by atoms with Crippen molar-refractivity contribution in [2.75, 3.05) is 0 Å². The minimum Gasteiger partial charge on any atom is -0.361 e. The number of hydrogen-bond donors (Lipinski definition) is 2. The van der Waals surface area contributed by atoms with Gasteiger partial charge in [-0.2, -0.15) is 0 Å². The highest BCUT2D eigenvalue weighted by molar-refractivity contribution is 5.84. The van der Waals surface area contributed by atoms with Crippen molar-refractivity contribution in [3.05, 3.63) is 35.5 Å². The topological polar surface area (TPSA) is 41.8 Å². The van der Waals surface area contributed by atoms with E-state index in [2.05, 4.69) is 43.2 Å². The predicted octanol–water partition coefficient (Wildman–Crippen LogP) is 3.18. The zero-order chi connectivity index (χ0) is 11.7. The number of rotatable bonds is 3. The van der Waals surface area contributed by atoms with E-state index in [-0.39, 0.29) is 6.04 Å². The van der Waals surface area contributed by atoms with Crippen LogP contribution in [0.25, 0.3) is 10.9 Å². The van der Waals surface area contributed by atoms with Crippen LogP contribution in [0.15, 0.2) is 24.4 Å². The van der Waals surface area contributed by atoms with E-state index in [9.17, 15) is 0 Å². The number of H-pyrrole nitrogens is 1. The Labute approximate surface area is 96.9 Å². The van der Waals surface area contributed by atoms with Gasteiger partial charge in [0.05, 0.1) is 0 Å². The van der Waals surface area contributed by atoms with Gasteiger partial charge in [0.2, 0.25) is 0 Å². The van der Waals surface area contributed by atoms with Crippen molar-refractivity contribution >= 4 is 10.9 Å². The average molecular weight is 216 g/mol. The lowest BCUT2D eigenvalue weighted by Gasteiger charge is -2.07. The van der Waals surface area contributed by atoms with Crippen LogP contribution in [0.3, 0.4) is 0 Å². The molecule has 2 rings (SSSR count). The molecule has 0 aliphatic heterocycles. The Hall–Kier alpha value is -1.28. The summed E-state index contributed by atoms with van der Waals surface area (Å²) in [5, 5.41) is 1.32. The molecule has 1 aromatic heterocycles. The first-order valence-electron chi connectivity index (χ1n) is 5.93. The second kappa shape index (κ2) is 4.30. The molecule has 1 atom stereocenters.